The Morgan fingerprint density at radius 3 is 2.56 bits per heavy atom. The van der Waals surface area contributed by atoms with Crippen molar-refractivity contribution in [1.82, 2.24) is 10.2 Å². The van der Waals surface area contributed by atoms with Gasteiger partial charge in [0, 0.05) is 30.1 Å². The van der Waals surface area contributed by atoms with Crippen LogP contribution in [0.25, 0.3) is 0 Å². The van der Waals surface area contributed by atoms with E-state index in [2.05, 4.69) is 22.0 Å². The minimum Gasteiger partial charge on any atom is -0.313 e. The number of nitrogens with one attached hydrogen (secondary N) is 1. The predicted molar refractivity (Wildman–Crippen MR) is 106 cm³/mol. The highest BCUT2D eigenvalue weighted by molar-refractivity contribution is 8.00. The molecule has 0 aromatic rings. The minimum absolute atomic E-state index is 0.0811. The van der Waals surface area contributed by atoms with Gasteiger partial charge in [0.15, 0.2) is 0 Å². The molecule has 0 aromatic carbocycles. The van der Waals surface area contributed by atoms with Crippen LogP contribution in [-0.4, -0.2) is 67.5 Å². The van der Waals surface area contributed by atoms with Gasteiger partial charge in [-0.25, -0.2) is 8.42 Å². The van der Waals surface area contributed by atoms with E-state index in [1.807, 2.05) is 0 Å². The normalized spacial score (nSPS) is 43.2. The van der Waals surface area contributed by atoms with Crippen LogP contribution in [0.1, 0.15) is 51.4 Å². The summed E-state index contributed by atoms with van der Waals surface area (Å²) in [6.07, 6.45) is 10.8. The maximum Gasteiger partial charge on any atom is 0.150 e. The van der Waals surface area contributed by atoms with Gasteiger partial charge in [-0.3, -0.25) is 4.90 Å². The lowest BCUT2D eigenvalue weighted by Gasteiger charge is -2.42. The summed E-state index contributed by atoms with van der Waals surface area (Å²) >= 11 is 2.19. The Morgan fingerprint density at radius 1 is 1.08 bits per heavy atom. The van der Waals surface area contributed by atoms with Gasteiger partial charge in [0.1, 0.15) is 9.84 Å². The van der Waals surface area contributed by atoms with E-state index in [-0.39, 0.29) is 5.25 Å². The maximum atomic E-state index is 11.8. The molecule has 0 aromatic heterocycles. The summed E-state index contributed by atoms with van der Waals surface area (Å²) in [4.78, 5) is 2.81. The molecule has 0 bridgehead atoms. The van der Waals surface area contributed by atoms with Gasteiger partial charge < -0.3 is 5.32 Å². The zero-order valence-electron chi connectivity index (χ0n) is 15.5. The van der Waals surface area contributed by atoms with Gasteiger partial charge in [-0.05, 0) is 82.0 Å². The fourth-order valence-electron chi connectivity index (χ4n) is 5.77. The van der Waals surface area contributed by atoms with Crippen LogP contribution < -0.4 is 5.32 Å². The summed E-state index contributed by atoms with van der Waals surface area (Å²) in [7, 11) is -2.85. The predicted octanol–water partition coefficient (Wildman–Crippen LogP) is 2.54. The standard InChI is InChI=1S/C19H34N2O2S2/c1-25(22,23)17-6-4-14(5-7-17)18-11-19-15(12-20-18)8-9-21(19)13-16-3-2-10-24-16/h14-20H,2-13H2,1H3. The molecule has 4 unspecified atom stereocenters. The van der Waals surface area contributed by atoms with E-state index < -0.39 is 9.84 Å². The quantitative estimate of drug-likeness (QED) is 0.805. The smallest absolute Gasteiger partial charge is 0.150 e. The molecular formula is C19H34N2O2S2. The first-order chi connectivity index (χ1) is 12.0. The average Bonchev–Trinajstić information content (AvgIpc) is 3.24. The molecule has 1 saturated carbocycles. The van der Waals surface area contributed by atoms with Crippen LogP contribution in [0.3, 0.4) is 0 Å². The minimum atomic E-state index is -2.85. The van der Waals surface area contributed by atoms with Crippen molar-refractivity contribution in [3.63, 3.8) is 0 Å². The topological polar surface area (TPSA) is 49.4 Å². The van der Waals surface area contributed by atoms with E-state index in [0.717, 1.165) is 42.9 Å². The van der Waals surface area contributed by atoms with Crippen molar-refractivity contribution in [3.05, 3.63) is 0 Å². The van der Waals surface area contributed by atoms with Gasteiger partial charge in [-0.2, -0.15) is 11.8 Å². The number of thioether (sulfide) groups is 1. The van der Waals surface area contributed by atoms with E-state index in [1.165, 1.54) is 57.3 Å². The molecule has 25 heavy (non-hydrogen) atoms. The van der Waals surface area contributed by atoms with Crippen LogP contribution in [0.4, 0.5) is 0 Å². The third-order valence-corrected chi connectivity index (χ3v) is 10.4. The number of nitrogens with zero attached hydrogens (tertiary/aromatic N) is 1. The van der Waals surface area contributed by atoms with Crippen molar-refractivity contribution in [2.24, 2.45) is 11.8 Å². The molecular weight excluding hydrogens is 352 g/mol. The first-order valence-corrected chi connectivity index (χ1v) is 13.3. The lowest BCUT2D eigenvalue weighted by molar-refractivity contribution is 0.130. The summed E-state index contributed by atoms with van der Waals surface area (Å²) in [6, 6.07) is 1.39. The third kappa shape index (κ3) is 4.22. The van der Waals surface area contributed by atoms with Crippen molar-refractivity contribution in [2.75, 3.05) is 31.6 Å². The summed E-state index contributed by atoms with van der Waals surface area (Å²) in [5, 5.41) is 4.64. The fraction of sp³-hybridized carbons (Fsp3) is 1.00. The number of fused-ring (bicyclic) bond motifs is 1. The molecule has 0 amide bonds. The molecule has 4 rings (SSSR count). The molecule has 3 heterocycles. The SMILES string of the molecule is CS(=O)(=O)C1CCC(C2CC3C(CCN3CC3CCCS3)CN2)CC1. The van der Waals surface area contributed by atoms with Crippen LogP contribution in [0.2, 0.25) is 0 Å². The van der Waals surface area contributed by atoms with E-state index in [0.29, 0.717) is 12.0 Å². The maximum absolute atomic E-state index is 11.8. The van der Waals surface area contributed by atoms with Crippen molar-refractivity contribution >= 4 is 21.6 Å². The highest BCUT2D eigenvalue weighted by Crippen LogP contribution is 2.38. The van der Waals surface area contributed by atoms with E-state index in [4.69, 9.17) is 0 Å². The molecule has 1 N–H and O–H groups in total. The summed E-state index contributed by atoms with van der Waals surface area (Å²) < 4.78 is 23.6. The highest BCUT2D eigenvalue weighted by atomic mass is 32.2. The molecule has 144 valence electrons. The Bertz CT molecular complexity index is 554. The van der Waals surface area contributed by atoms with Gasteiger partial charge in [0.2, 0.25) is 0 Å². The Morgan fingerprint density at radius 2 is 1.88 bits per heavy atom. The van der Waals surface area contributed by atoms with Gasteiger partial charge in [-0.15, -0.1) is 0 Å². The van der Waals surface area contributed by atoms with Crippen LogP contribution in [-0.2, 0) is 9.84 Å². The molecule has 3 aliphatic heterocycles. The molecule has 4 nitrogen and oxygen atoms in total. The number of rotatable bonds is 4. The highest BCUT2D eigenvalue weighted by Gasteiger charge is 2.42. The second-order valence-corrected chi connectivity index (χ2v) is 12.6. The Hall–Kier alpha value is 0.220. The first kappa shape index (κ1) is 18.6. The summed E-state index contributed by atoms with van der Waals surface area (Å²) in [6.45, 7) is 3.77. The van der Waals surface area contributed by atoms with Crippen LogP contribution in [0.15, 0.2) is 0 Å². The molecule has 0 spiro atoms. The van der Waals surface area contributed by atoms with Crippen molar-refractivity contribution in [3.8, 4) is 0 Å². The number of piperidine rings is 1. The molecule has 4 atom stereocenters. The number of sulfone groups is 1. The monoisotopic (exact) mass is 386 g/mol. The average molecular weight is 387 g/mol. The van der Waals surface area contributed by atoms with Gasteiger partial charge >= 0.3 is 0 Å². The van der Waals surface area contributed by atoms with Crippen molar-refractivity contribution in [1.29, 1.82) is 0 Å². The number of hydrogen-bond donors (Lipinski definition) is 1. The molecule has 6 heteroatoms. The van der Waals surface area contributed by atoms with E-state index in [1.54, 1.807) is 0 Å². The number of likely N-dealkylation sites (tertiary alicyclic amines) is 1. The Balaban J connectivity index is 1.32. The van der Waals surface area contributed by atoms with Gasteiger partial charge in [0.25, 0.3) is 0 Å². The molecule has 4 aliphatic rings. The third-order valence-electron chi connectivity index (χ3n) is 7.29. The number of hydrogen-bond acceptors (Lipinski definition) is 5. The second-order valence-electron chi connectivity index (χ2n) is 8.86. The molecule has 0 radical (unpaired) electrons. The Labute approximate surface area is 157 Å². The van der Waals surface area contributed by atoms with Gasteiger partial charge in [-0.1, -0.05) is 0 Å². The van der Waals surface area contributed by atoms with Crippen molar-refractivity contribution < 1.29 is 8.42 Å². The molecule has 1 aliphatic carbocycles. The van der Waals surface area contributed by atoms with Crippen LogP contribution in [0, 0.1) is 11.8 Å². The zero-order chi connectivity index (χ0) is 17.4. The van der Waals surface area contributed by atoms with E-state index in [9.17, 15) is 8.42 Å². The van der Waals surface area contributed by atoms with Crippen LogP contribution >= 0.6 is 11.8 Å². The van der Waals surface area contributed by atoms with Crippen LogP contribution in [0.5, 0.6) is 0 Å². The summed E-state index contributed by atoms with van der Waals surface area (Å²) in [5.74, 6) is 2.89. The second kappa shape index (κ2) is 7.69. The summed E-state index contributed by atoms with van der Waals surface area (Å²) in [5.41, 5.74) is 0. The fourth-order valence-corrected chi connectivity index (χ4v) is 8.19. The molecule has 3 saturated heterocycles. The van der Waals surface area contributed by atoms with E-state index >= 15 is 0 Å². The van der Waals surface area contributed by atoms with Gasteiger partial charge in [0.05, 0.1) is 5.25 Å². The lowest BCUT2D eigenvalue weighted by Crippen LogP contribution is -2.53. The largest absolute Gasteiger partial charge is 0.313 e. The lowest BCUT2D eigenvalue weighted by atomic mass is 9.77. The molecule has 4 fully saturated rings. The Kier molecular flexibility index (Phi) is 5.71. The van der Waals surface area contributed by atoms with Crippen molar-refractivity contribution in [2.45, 2.75) is 74.0 Å². The first-order valence-electron chi connectivity index (χ1n) is 10.3. The zero-order valence-corrected chi connectivity index (χ0v) is 17.2.